The zero-order chi connectivity index (χ0) is 15.2. The average Bonchev–Trinajstić information content (AvgIpc) is 2.90. The highest BCUT2D eigenvalue weighted by Crippen LogP contribution is 2.08. The molecule has 0 aliphatic heterocycles. The Kier molecular flexibility index (Phi) is 4.65. The van der Waals surface area contributed by atoms with Crippen molar-refractivity contribution in [3.8, 4) is 0 Å². The number of halogens is 1. The highest BCUT2D eigenvalue weighted by atomic mass is 19.1. The molecule has 0 aliphatic carbocycles. The van der Waals surface area contributed by atoms with Crippen molar-refractivity contribution in [2.75, 3.05) is 11.9 Å². The molecule has 0 aliphatic rings. The molecular formula is C14H14FN3O3. The van der Waals surface area contributed by atoms with Crippen LogP contribution in [0.15, 0.2) is 36.7 Å². The average molecular weight is 291 g/mol. The van der Waals surface area contributed by atoms with E-state index >= 15 is 0 Å². The second-order valence-corrected chi connectivity index (χ2v) is 4.20. The SMILES string of the molecule is CCOC(=O)c1cnn(CC(=O)Nc2ccc(F)cc2)c1. The number of carbonyl (C=O) groups excluding carboxylic acids is 2. The zero-order valence-electron chi connectivity index (χ0n) is 11.4. The number of hydrogen-bond donors (Lipinski definition) is 1. The van der Waals surface area contributed by atoms with Crippen molar-refractivity contribution >= 4 is 17.6 Å². The van der Waals surface area contributed by atoms with Crippen LogP contribution in [-0.2, 0) is 16.1 Å². The van der Waals surface area contributed by atoms with Gasteiger partial charge in [0, 0.05) is 11.9 Å². The zero-order valence-corrected chi connectivity index (χ0v) is 11.4. The van der Waals surface area contributed by atoms with Crippen LogP contribution in [0.25, 0.3) is 0 Å². The molecule has 110 valence electrons. The van der Waals surface area contributed by atoms with Gasteiger partial charge in [0.2, 0.25) is 5.91 Å². The van der Waals surface area contributed by atoms with Gasteiger partial charge in [0.05, 0.1) is 18.4 Å². The standard InChI is InChI=1S/C14H14FN3O3/c1-2-21-14(20)10-7-16-18(8-10)9-13(19)17-12-5-3-11(15)4-6-12/h3-8H,2,9H2,1H3,(H,17,19). The molecule has 1 heterocycles. The third-order valence-corrected chi connectivity index (χ3v) is 2.58. The lowest BCUT2D eigenvalue weighted by Crippen LogP contribution is -2.19. The highest BCUT2D eigenvalue weighted by molar-refractivity contribution is 5.91. The molecule has 1 aromatic heterocycles. The van der Waals surface area contributed by atoms with Crippen LogP contribution >= 0.6 is 0 Å². The number of hydrogen-bond acceptors (Lipinski definition) is 4. The molecule has 0 bridgehead atoms. The Morgan fingerprint density at radius 2 is 2.05 bits per heavy atom. The number of benzene rings is 1. The van der Waals surface area contributed by atoms with Crippen LogP contribution in [0.5, 0.6) is 0 Å². The maximum absolute atomic E-state index is 12.7. The fourth-order valence-corrected chi connectivity index (χ4v) is 1.65. The van der Waals surface area contributed by atoms with Gasteiger partial charge in [0.1, 0.15) is 12.4 Å². The predicted octanol–water partition coefficient (Wildman–Crippen LogP) is 1.84. The Balaban J connectivity index is 1.93. The van der Waals surface area contributed by atoms with Crippen LogP contribution in [0.3, 0.4) is 0 Å². The van der Waals surface area contributed by atoms with E-state index in [1.807, 2.05) is 0 Å². The summed E-state index contributed by atoms with van der Waals surface area (Å²) in [4.78, 5) is 23.2. The fourth-order valence-electron chi connectivity index (χ4n) is 1.65. The summed E-state index contributed by atoms with van der Waals surface area (Å²) >= 11 is 0. The van der Waals surface area contributed by atoms with E-state index in [2.05, 4.69) is 10.4 Å². The fraction of sp³-hybridized carbons (Fsp3) is 0.214. The van der Waals surface area contributed by atoms with E-state index in [4.69, 9.17) is 4.74 Å². The van der Waals surface area contributed by atoms with E-state index in [0.717, 1.165) is 0 Å². The van der Waals surface area contributed by atoms with Crippen molar-refractivity contribution in [2.45, 2.75) is 13.5 Å². The molecule has 2 rings (SSSR count). The quantitative estimate of drug-likeness (QED) is 0.853. The molecule has 21 heavy (non-hydrogen) atoms. The number of anilines is 1. The first-order valence-electron chi connectivity index (χ1n) is 6.33. The minimum Gasteiger partial charge on any atom is -0.462 e. The van der Waals surface area contributed by atoms with Crippen molar-refractivity contribution in [1.82, 2.24) is 9.78 Å². The smallest absolute Gasteiger partial charge is 0.341 e. The maximum Gasteiger partial charge on any atom is 0.341 e. The number of esters is 1. The lowest BCUT2D eigenvalue weighted by atomic mass is 10.3. The molecular weight excluding hydrogens is 277 g/mol. The Morgan fingerprint density at radius 3 is 2.71 bits per heavy atom. The van der Waals surface area contributed by atoms with Crippen molar-refractivity contribution in [3.63, 3.8) is 0 Å². The van der Waals surface area contributed by atoms with Gasteiger partial charge >= 0.3 is 5.97 Å². The monoisotopic (exact) mass is 291 g/mol. The molecule has 2 aromatic rings. The molecule has 0 saturated carbocycles. The second kappa shape index (κ2) is 6.65. The lowest BCUT2D eigenvalue weighted by molar-refractivity contribution is -0.116. The molecule has 0 radical (unpaired) electrons. The van der Waals surface area contributed by atoms with Crippen molar-refractivity contribution < 1.29 is 18.7 Å². The van der Waals surface area contributed by atoms with Gasteiger partial charge in [0.25, 0.3) is 0 Å². The number of nitrogens with zero attached hydrogens (tertiary/aromatic N) is 2. The summed E-state index contributed by atoms with van der Waals surface area (Å²) in [5.41, 5.74) is 0.769. The van der Waals surface area contributed by atoms with E-state index < -0.39 is 5.97 Å². The van der Waals surface area contributed by atoms with Gasteiger partial charge in [-0.25, -0.2) is 9.18 Å². The molecule has 1 aromatic carbocycles. The summed E-state index contributed by atoms with van der Waals surface area (Å²) < 4.78 is 18.9. The van der Waals surface area contributed by atoms with Gasteiger partial charge in [-0.2, -0.15) is 5.10 Å². The summed E-state index contributed by atoms with van der Waals surface area (Å²) in [7, 11) is 0. The van der Waals surface area contributed by atoms with Gasteiger partial charge < -0.3 is 10.1 Å². The molecule has 0 unspecified atom stereocenters. The van der Waals surface area contributed by atoms with Crippen molar-refractivity contribution in [3.05, 3.63) is 48.0 Å². The first-order chi connectivity index (χ1) is 10.1. The van der Waals surface area contributed by atoms with Crippen LogP contribution in [0.2, 0.25) is 0 Å². The van der Waals surface area contributed by atoms with Crippen LogP contribution in [0.1, 0.15) is 17.3 Å². The van der Waals surface area contributed by atoms with E-state index in [1.165, 1.54) is 41.3 Å². The molecule has 7 heteroatoms. The maximum atomic E-state index is 12.7. The number of nitrogens with one attached hydrogen (secondary N) is 1. The van der Waals surface area contributed by atoms with Gasteiger partial charge in [-0.15, -0.1) is 0 Å². The Labute approximate surface area is 120 Å². The van der Waals surface area contributed by atoms with E-state index in [0.29, 0.717) is 5.69 Å². The van der Waals surface area contributed by atoms with Crippen LogP contribution in [0.4, 0.5) is 10.1 Å². The topological polar surface area (TPSA) is 73.2 Å². The van der Waals surface area contributed by atoms with E-state index in [1.54, 1.807) is 6.92 Å². The normalized spacial score (nSPS) is 10.2. The Morgan fingerprint density at radius 1 is 1.33 bits per heavy atom. The third kappa shape index (κ3) is 4.13. The molecule has 0 atom stereocenters. The van der Waals surface area contributed by atoms with Crippen molar-refractivity contribution in [1.29, 1.82) is 0 Å². The van der Waals surface area contributed by atoms with E-state index in [9.17, 15) is 14.0 Å². The van der Waals surface area contributed by atoms with Gasteiger partial charge in [-0.05, 0) is 31.2 Å². The molecule has 0 spiro atoms. The van der Waals surface area contributed by atoms with Crippen LogP contribution in [-0.4, -0.2) is 28.3 Å². The third-order valence-electron chi connectivity index (χ3n) is 2.58. The molecule has 0 saturated heterocycles. The van der Waals surface area contributed by atoms with Crippen molar-refractivity contribution in [2.24, 2.45) is 0 Å². The van der Waals surface area contributed by atoms with Gasteiger partial charge in [0.15, 0.2) is 0 Å². The highest BCUT2D eigenvalue weighted by Gasteiger charge is 2.11. The predicted molar refractivity (Wildman–Crippen MR) is 73.2 cm³/mol. The minimum atomic E-state index is -0.484. The number of carbonyl (C=O) groups is 2. The van der Waals surface area contributed by atoms with Gasteiger partial charge in [-0.3, -0.25) is 9.48 Å². The Bertz CT molecular complexity index is 637. The summed E-state index contributed by atoms with van der Waals surface area (Å²) in [6, 6.07) is 5.42. The lowest BCUT2D eigenvalue weighted by Gasteiger charge is -2.05. The second-order valence-electron chi connectivity index (χ2n) is 4.20. The summed E-state index contributed by atoms with van der Waals surface area (Å²) in [6.07, 6.45) is 2.77. The largest absolute Gasteiger partial charge is 0.462 e. The van der Waals surface area contributed by atoms with Gasteiger partial charge in [-0.1, -0.05) is 0 Å². The van der Waals surface area contributed by atoms with Crippen LogP contribution in [0, 0.1) is 5.82 Å². The number of rotatable bonds is 5. The first-order valence-corrected chi connectivity index (χ1v) is 6.33. The minimum absolute atomic E-state index is 0.0587. The summed E-state index contributed by atoms with van der Waals surface area (Å²) in [5.74, 6) is -1.19. The number of amides is 1. The molecule has 6 nitrogen and oxygen atoms in total. The van der Waals surface area contributed by atoms with E-state index in [-0.39, 0.29) is 30.4 Å². The number of ether oxygens (including phenoxy) is 1. The van der Waals surface area contributed by atoms with Crippen LogP contribution < -0.4 is 5.32 Å². The molecule has 0 fully saturated rings. The Hall–Kier alpha value is -2.70. The molecule has 1 N–H and O–H groups in total. The summed E-state index contributed by atoms with van der Waals surface area (Å²) in [5, 5.41) is 6.51. The summed E-state index contributed by atoms with van der Waals surface area (Å²) in [6.45, 7) is 1.92. The molecule has 1 amide bonds. The number of aromatic nitrogens is 2. The first kappa shape index (κ1) is 14.7.